The lowest BCUT2D eigenvalue weighted by Crippen LogP contribution is -2.62. The van der Waals surface area contributed by atoms with Gasteiger partial charge in [-0.3, -0.25) is 19.2 Å². The van der Waals surface area contributed by atoms with Crippen molar-refractivity contribution in [1.29, 1.82) is 0 Å². The van der Waals surface area contributed by atoms with Crippen molar-refractivity contribution in [3.8, 4) is 0 Å². The molecule has 244 valence electrons. The zero-order valence-electron chi connectivity index (χ0n) is 25.7. The van der Waals surface area contributed by atoms with E-state index in [0.717, 1.165) is 21.6 Å². The van der Waals surface area contributed by atoms with Crippen LogP contribution in [0, 0.1) is 0 Å². The Labute approximate surface area is 288 Å². The Kier molecular flexibility index (Phi) is 11.7. The molecule has 1 aliphatic heterocycles. The lowest BCUT2D eigenvalue weighted by molar-refractivity contribution is -0.159. The number of amides is 4. The average Bonchev–Trinajstić information content (AvgIpc) is 3.58. The first-order valence-corrected chi connectivity index (χ1v) is 17.1. The Hall–Kier alpha value is -4.18. The molecule has 2 N–H and O–H groups in total. The predicted octanol–water partition coefficient (Wildman–Crippen LogP) is 5.67. The SMILES string of the molecule is NC(=O)CN(Cc1cccs1)C(=O)CC1C(=O)N(C(Cl)Cc2ccc(Cl)cc2)CC(=O)N1CCC(c1ccccc1)c1ccccc1. The number of alkyl halides is 1. The summed E-state index contributed by atoms with van der Waals surface area (Å²) in [4.78, 5) is 58.9. The summed E-state index contributed by atoms with van der Waals surface area (Å²) in [5.74, 6) is -1.90. The van der Waals surface area contributed by atoms with Crippen LogP contribution in [-0.4, -0.2) is 69.5 Å². The highest BCUT2D eigenvalue weighted by Gasteiger charge is 2.43. The van der Waals surface area contributed by atoms with Gasteiger partial charge in [-0.25, -0.2) is 0 Å². The third-order valence-electron chi connectivity index (χ3n) is 8.28. The van der Waals surface area contributed by atoms with E-state index in [1.807, 2.05) is 90.3 Å². The highest BCUT2D eigenvalue weighted by atomic mass is 35.5. The molecule has 1 aromatic heterocycles. The Balaban J connectivity index is 1.42. The van der Waals surface area contributed by atoms with Gasteiger partial charge in [0.15, 0.2) is 0 Å². The Bertz CT molecular complexity index is 1620. The Morgan fingerprint density at radius 1 is 0.915 bits per heavy atom. The molecule has 2 heterocycles. The first-order chi connectivity index (χ1) is 22.7. The zero-order valence-corrected chi connectivity index (χ0v) is 28.0. The number of rotatable bonds is 14. The van der Waals surface area contributed by atoms with Crippen LogP contribution < -0.4 is 5.73 Å². The summed E-state index contributed by atoms with van der Waals surface area (Å²) in [6.45, 7) is -0.132. The van der Waals surface area contributed by atoms with Gasteiger partial charge in [-0.05, 0) is 46.7 Å². The molecule has 4 aromatic rings. The van der Waals surface area contributed by atoms with E-state index < -0.39 is 29.3 Å². The van der Waals surface area contributed by atoms with E-state index >= 15 is 0 Å². The smallest absolute Gasteiger partial charge is 0.247 e. The van der Waals surface area contributed by atoms with Crippen molar-refractivity contribution in [3.05, 3.63) is 129 Å². The van der Waals surface area contributed by atoms with Gasteiger partial charge >= 0.3 is 0 Å². The fourth-order valence-electron chi connectivity index (χ4n) is 5.92. The van der Waals surface area contributed by atoms with E-state index in [9.17, 15) is 19.2 Å². The molecule has 0 aliphatic carbocycles. The molecule has 2 atom stereocenters. The number of piperazine rings is 1. The van der Waals surface area contributed by atoms with Crippen molar-refractivity contribution in [2.75, 3.05) is 19.6 Å². The van der Waals surface area contributed by atoms with Crippen LogP contribution in [0.4, 0.5) is 0 Å². The second-order valence-electron chi connectivity index (χ2n) is 11.5. The normalized spacial score (nSPS) is 15.6. The summed E-state index contributed by atoms with van der Waals surface area (Å²) >= 11 is 14.3. The van der Waals surface area contributed by atoms with E-state index in [1.54, 1.807) is 12.1 Å². The molecule has 0 saturated carbocycles. The molecular weight excluding hydrogens is 655 g/mol. The molecule has 0 spiro atoms. The maximum Gasteiger partial charge on any atom is 0.247 e. The molecule has 3 aromatic carbocycles. The molecule has 1 saturated heterocycles. The number of carbonyl (C=O) groups is 4. The lowest BCUT2D eigenvalue weighted by atomic mass is 9.88. The molecule has 8 nitrogen and oxygen atoms in total. The monoisotopic (exact) mass is 690 g/mol. The maximum absolute atomic E-state index is 14.2. The summed E-state index contributed by atoms with van der Waals surface area (Å²) in [6.07, 6.45) is 0.493. The van der Waals surface area contributed by atoms with Crippen LogP contribution >= 0.6 is 34.5 Å². The van der Waals surface area contributed by atoms with Crippen molar-refractivity contribution >= 4 is 58.2 Å². The standard InChI is InChI=1S/C36H36Cl2N4O4S/c37-28-15-13-25(14-16-28)20-32(38)42-24-35(45)41(18-17-30(26-8-3-1-4-9-26)27-10-5-2-6-11-27)31(36(42)46)21-34(44)40(23-33(39)43)22-29-12-7-19-47-29/h1-16,19,30-32H,17-18,20-24H2,(H2,39,43). The number of benzene rings is 3. The first-order valence-electron chi connectivity index (χ1n) is 15.4. The molecule has 2 unspecified atom stereocenters. The molecule has 0 radical (unpaired) electrons. The minimum atomic E-state index is -1.11. The van der Waals surface area contributed by atoms with Crippen molar-refractivity contribution in [2.24, 2.45) is 5.73 Å². The first kappa shape index (κ1) is 34.2. The topological polar surface area (TPSA) is 104 Å². The van der Waals surface area contributed by atoms with Gasteiger partial charge in [-0.2, -0.15) is 0 Å². The van der Waals surface area contributed by atoms with E-state index in [1.165, 1.54) is 26.0 Å². The average molecular weight is 692 g/mol. The van der Waals surface area contributed by atoms with Gasteiger partial charge in [0, 0.05) is 28.8 Å². The van der Waals surface area contributed by atoms with Crippen LogP contribution in [0.1, 0.15) is 40.3 Å². The predicted molar refractivity (Wildman–Crippen MR) is 185 cm³/mol. The van der Waals surface area contributed by atoms with Crippen LogP contribution in [0.2, 0.25) is 5.02 Å². The molecular formula is C36H36Cl2N4O4S. The lowest BCUT2D eigenvalue weighted by Gasteiger charge is -2.42. The van der Waals surface area contributed by atoms with E-state index in [4.69, 9.17) is 28.9 Å². The highest BCUT2D eigenvalue weighted by molar-refractivity contribution is 7.09. The van der Waals surface area contributed by atoms with Gasteiger partial charge in [0.25, 0.3) is 0 Å². The molecule has 4 amide bonds. The van der Waals surface area contributed by atoms with Crippen molar-refractivity contribution in [3.63, 3.8) is 0 Å². The summed E-state index contributed by atoms with van der Waals surface area (Å²) in [7, 11) is 0. The molecule has 5 rings (SSSR count). The number of nitrogens with zero attached hydrogens (tertiary/aromatic N) is 3. The van der Waals surface area contributed by atoms with Gasteiger partial charge in [0.1, 0.15) is 18.1 Å². The van der Waals surface area contributed by atoms with Gasteiger partial charge in [-0.15, -0.1) is 11.3 Å². The van der Waals surface area contributed by atoms with Gasteiger partial charge < -0.3 is 20.4 Å². The molecule has 11 heteroatoms. The summed E-state index contributed by atoms with van der Waals surface area (Å²) < 4.78 is 0. The molecule has 1 fully saturated rings. The summed E-state index contributed by atoms with van der Waals surface area (Å²) in [5.41, 5.74) is 7.69. The maximum atomic E-state index is 14.2. The van der Waals surface area contributed by atoms with Gasteiger partial charge in [0.05, 0.1) is 19.5 Å². The fraction of sp³-hybridized carbons (Fsp3) is 0.278. The van der Waals surface area contributed by atoms with Crippen LogP contribution in [-0.2, 0) is 32.1 Å². The zero-order chi connectivity index (χ0) is 33.3. The third kappa shape index (κ3) is 9.00. The van der Waals surface area contributed by atoms with Crippen LogP contribution in [0.3, 0.4) is 0 Å². The Morgan fingerprint density at radius 3 is 2.13 bits per heavy atom. The third-order valence-corrected chi connectivity index (χ3v) is 9.79. The van der Waals surface area contributed by atoms with Crippen LogP contribution in [0.5, 0.6) is 0 Å². The Morgan fingerprint density at radius 2 is 1.55 bits per heavy atom. The second kappa shape index (κ2) is 16.1. The van der Waals surface area contributed by atoms with Crippen molar-refractivity contribution in [2.45, 2.75) is 43.3 Å². The van der Waals surface area contributed by atoms with Gasteiger partial charge in [-0.1, -0.05) is 102 Å². The molecule has 1 aliphatic rings. The van der Waals surface area contributed by atoms with Gasteiger partial charge in [0.2, 0.25) is 23.6 Å². The van der Waals surface area contributed by atoms with E-state index in [-0.39, 0.29) is 50.8 Å². The van der Waals surface area contributed by atoms with E-state index in [2.05, 4.69) is 0 Å². The van der Waals surface area contributed by atoms with Crippen LogP contribution in [0.15, 0.2) is 102 Å². The summed E-state index contributed by atoms with van der Waals surface area (Å²) in [5, 5.41) is 2.45. The quantitative estimate of drug-likeness (QED) is 0.136. The number of primary amides is 1. The fourth-order valence-corrected chi connectivity index (χ4v) is 7.11. The number of hydrogen-bond acceptors (Lipinski definition) is 5. The van der Waals surface area contributed by atoms with E-state index in [0.29, 0.717) is 11.4 Å². The number of nitrogens with two attached hydrogens (primary N) is 1. The minimum absolute atomic E-state index is 0.0504. The number of halogens is 2. The van der Waals surface area contributed by atoms with Crippen molar-refractivity contribution < 1.29 is 19.2 Å². The van der Waals surface area contributed by atoms with Crippen molar-refractivity contribution in [1.82, 2.24) is 14.7 Å². The second-order valence-corrected chi connectivity index (χ2v) is 13.5. The summed E-state index contributed by atoms with van der Waals surface area (Å²) in [6, 6.07) is 29.7. The number of carbonyl (C=O) groups excluding carboxylic acids is 4. The molecule has 0 bridgehead atoms. The minimum Gasteiger partial charge on any atom is -0.368 e. The highest BCUT2D eigenvalue weighted by Crippen LogP contribution is 2.30. The largest absolute Gasteiger partial charge is 0.368 e. The van der Waals surface area contributed by atoms with Crippen LogP contribution in [0.25, 0.3) is 0 Å². The number of thiophene rings is 1. The molecule has 47 heavy (non-hydrogen) atoms. The number of hydrogen-bond donors (Lipinski definition) is 1.